The van der Waals surface area contributed by atoms with Crippen molar-refractivity contribution in [2.24, 2.45) is 0 Å². The summed E-state index contributed by atoms with van der Waals surface area (Å²) < 4.78 is 23.8. The molecule has 3 rings (SSSR count). The van der Waals surface area contributed by atoms with Crippen molar-refractivity contribution in [1.82, 2.24) is 4.90 Å². The lowest BCUT2D eigenvalue weighted by Gasteiger charge is -2.13. The highest BCUT2D eigenvalue weighted by Gasteiger charge is 2.28. The quantitative estimate of drug-likeness (QED) is 0.165. The van der Waals surface area contributed by atoms with Crippen molar-refractivity contribution in [1.29, 1.82) is 0 Å². The first-order chi connectivity index (χ1) is 17.0. The Morgan fingerprint density at radius 2 is 1.54 bits per heavy atom. The molecule has 188 valence electrons. The zero-order valence-electron chi connectivity index (χ0n) is 20.6. The third kappa shape index (κ3) is 8.18. The number of ether oxygens (including phenoxy) is 4. The molecule has 0 spiro atoms. The predicted octanol–water partition coefficient (Wildman–Crippen LogP) is 6.33. The van der Waals surface area contributed by atoms with Crippen LogP contribution in [0.2, 0.25) is 0 Å². The number of benzene rings is 2. The van der Waals surface area contributed by atoms with E-state index in [1.54, 1.807) is 7.05 Å². The highest BCUT2D eigenvalue weighted by Crippen LogP contribution is 2.34. The number of unbranched alkanes of at least 4 members (excludes halogenated alkanes) is 3. The van der Waals surface area contributed by atoms with Gasteiger partial charge in [0.05, 0.1) is 18.1 Å². The Kier molecular flexibility index (Phi) is 10.8. The van der Waals surface area contributed by atoms with Gasteiger partial charge in [-0.15, -0.1) is 0 Å². The van der Waals surface area contributed by atoms with E-state index in [0.717, 1.165) is 30.1 Å². The summed E-state index contributed by atoms with van der Waals surface area (Å²) in [5.74, 6) is 2.77. The van der Waals surface area contributed by atoms with Gasteiger partial charge in [0.15, 0.2) is 11.5 Å². The molecule has 1 heterocycles. The minimum absolute atomic E-state index is 0.0954. The van der Waals surface area contributed by atoms with Crippen LogP contribution in [0.15, 0.2) is 47.4 Å². The van der Waals surface area contributed by atoms with Crippen LogP contribution in [0, 0.1) is 0 Å². The van der Waals surface area contributed by atoms with Crippen LogP contribution in [0.3, 0.4) is 0 Å². The van der Waals surface area contributed by atoms with Gasteiger partial charge in [0, 0.05) is 7.05 Å². The van der Waals surface area contributed by atoms with Gasteiger partial charge < -0.3 is 18.9 Å². The Morgan fingerprint density at radius 1 is 0.857 bits per heavy atom. The molecule has 0 aromatic heterocycles. The fourth-order valence-corrected chi connectivity index (χ4v) is 4.54. The predicted molar refractivity (Wildman–Crippen MR) is 146 cm³/mol. The molecule has 2 aromatic carbocycles. The molecule has 0 saturated carbocycles. The molecule has 1 aliphatic heterocycles. The lowest BCUT2D eigenvalue weighted by Crippen LogP contribution is -2.22. The van der Waals surface area contributed by atoms with Crippen molar-refractivity contribution in [3.63, 3.8) is 0 Å². The lowest BCUT2D eigenvalue weighted by molar-refractivity contribution is -0.121. The van der Waals surface area contributed by atoms with E-state index in [1.165, 1.54) is 35.9 Å². The van der Waals surface area contributed by atoms with Gasteiger partial charge in [-0.2, -0.15) is 0 Å². The van der Waals surface area contributed by atoms with Crippen LogP contribution < -0.4 is 18.9 Å². The summed E-state index contributed by atoms with van der Waals surface area (Å²) in [6, 6.07) is 13.3. The number of carbonyl (C=O) groups excluding carboxylic acids is 1. The molecule has 0 bridgehead atoms. The Hall–Kier alpha value is -2.71. The number of thioether (sulfide) groups is 1. The van der Waals surface area contributed by atoms with Crippen LogP contribution in [0.5, 0.6) is 23.0 Å². The highest BCUT2D eigenvalue weighted by molar-refractivity contribution is 8.26. The van der Waals surface area contributed by atoms with Crippen LogP contribution >= 0.6 is 24.0 Å². The van der Waals surface area contributed by atoms with Gasteiger partial charge >= 0.3 is 0 Å². The largest absolute Gasteiger partial charge is 0.494 e. The number of hydrogen-bond donors (Lipinski definition) is 0. The van der Waals surface area contributed by atoms with Crippen molar-refractivity contribution in [2.45, 2.75) is 39.5 Å². The van der Waals surface area contributed by atoms with Crippen LogP contribution in [-0.4, -0.2) is 48.6 Å². The first kappa shape index (κ1) is 26.9. The first-order valence-electron chi connectivity index (χ1n) is 12.0. The van der Waals surface area contributed by atoms with Gasteiger partial charge in [-0.05, 0) is 61.4 Å². The molecule has 1 aliphatic rings. The van der Waals surface area contributed by atoms with Crippen LogP contribution in [-0.2, 0) is 4.79 Å². The van der Waals surface area contributed by atoms with Gasteiger partial charge in [-0.1, -0.05) is 56.2 Å². The first-order valence-corrected chi connectivity index (χ1v) is 13.2. The second kappa shape index (κ2) is 14.0. The van der Waals surface area contributed by atoms with Crippen molar-refractivity contribution in [3.05, 3.63) is 52.9 Å². The molecule has 0 N–H and O–H groups in total. The molecule has 8 heteroatoms. The number of hydrogen-bond acceptors (Lipinski definition) is 7. The summed E-state index contributed by atoms with van der Waals surface area (Å²) in [6.45, 7) is 6.12. The lowest BCUT2D eigenvalue weighted by atomic mass is 10.2. The summed E-state index contributed by atoms with van der Waals surface area (Å²) >= 11 is 6.49. The number of thiocarbonyl (C=S) groups is 1. The fourth-order valence-electron chi connectivity index (χ4n) is 3.36. The minimum atomic E-state index is -0.0954. The zero-order valence-corrected chi connectivity index (χ0v) is 22.2. The van der Waals surface area contributed by atoms with Gasteiger partial charge in [0.25, 0.3) is 5.91 Å². The van der Waals surface area contributed by atoms with E-state index in [4.69, 9.17) is 31.2 Å². The highest BCUT2D eigenvalue weighted by atomic mass is 32.2. The summed E-state index contributed by atoms with van der Waals surface area (Å²) in [5.41, 5.74) is 0.846. The van der Waals surface area contributed by atoms with Crippen molar-refractivity contribution >= 4 is 40.3 Å². The smallest absolute Gasteiger partial charge is 0.265 e. The maximum Gasteiger partial charge on any atom is 0.265 e. The summed E-state index contributed by atoms with van der Waals surface area (Å²) in [7, 11) is 1.68. The molecular formula is C27H33NO5S2. The molecule has 35 heavy (non-hydrogen) atoms. The molecular weight excluding hydrogens is 482 g/mol. The van der Waals surface area contributed by atoms with E-state index in [9.17, 15) is 4.79 Å². The molecule has 0 aliphatic carbocycles. The van der Waals surface area contributed by atoms with Crippen molar-refractivity contribution in [2.75, 3.05) is 33.5 Å². The fraction of sp³-hybridized carbons (Fsp3) is 0.407. The Morgan fingerprint density at radius 3 is 2.17 bits per heavy atom. The second-order valence-corrected chi connectivity index (χ2v) is 9.63. The van der Waals surface area contributed by atoms with Gasteiger partial charge in [0.2, 0.25) is 0 Å². The molecule has 1 amide bonds. The number of likely N-dealkylation sites (N-methyl/N-ethyl adjacent to an activating group) is 1. The SMILES string of the molecule is CCCCCCOc1ccc(OCCOc2ccc(/C=C3/SC(=S)N(C)C3=O)cc2OCC)cc1. The molecule has 1 saturated heterocycles. The molecule has 0 radical (unpaired) electrons. The summed E-state index contributed by atoms with van der Waals surface area (Å²) in [6.07, 6.45) is 6.57. The number of carbonyl (C=O) groups is 1. The maximum atomic E-state index is 12.3. The summed E-state index contributed by atoms with van der Waals surface area (Å²) in [4.78, 5) is 14.3. The van der Waals surface area contributed by atoms with E-state index >= 15 is 0 Å². The minimum Gasteiger partial charge on any atom is -0.494 e. The average molecular weight is 516 g/mol. The average Bonchev–Trinajstić information content (AvgIpc) is 3.10. The number of rotatable bonds is 14. The van der Waals surface area contributed by atoms with Gasteiger partial charge in [0.1, 0.15) is 29.0 Å². The summed E-state index contributed by atoms with van der Waals surface area (Å²) in [5, 5.41) is 0. The monoisotopic (exact) mass is 515 g/mol. The normalized spacial score (nSPS) is 14.5. The van der Waals surface area contributed by atoms with Crippen molar-refractivity contribution < 1.29 is 23.7 Å². The van der Waals surface area contributed by atoms with Gasteiger partial charge in [-0.3, -0.25) is 9.69 Å². The van der Waals surface area contributed by atoms with Crippen LogP contribution in [0.25, 0.3) is 6.08 Å². The van der Waals surface area contributed by atoms with E-state index in [1.807, 2.05) is 55.5 Å². The topological polar surface area (TPSA) is 57.2 Å². The molecule has 0 atom stereocenters. The van der Waals surface area contributed by atoms with Crippen LogP contribution in [0.1, 0.15) is 45.1 Å². The molecule has 1 fully saturated rings. The number of amides is 1. The number of nitrogens with zero attached hydrogens (tertiary/aromatic N) is 1. The molecule has 6 nitrogen and oxygen atoms in total. The van der Waals surface area contributed by atoms with Crippen LogP contribution in [0.4, 0.5) is 0 Å². The standard InChI is InChI=1S/C27H33NO5S2/c1-4-6-7-8-15-31-21-10-12-22(13-11-21)32-16-17-33-23-14-9-20(18-24(23)30-5-2)19-25-26(29)28(3)27(34)35-25/h9-14,18-19H,4-8,15-17H2,1-3H3/b25-19+. The van der Waals surface area contributed by atoms with Crippen molar-refractivity contribution in [3.8, 4) is 23.0 Å². The molecule has 0 unspecified atom stereocenters. The third-order valence-corrected chi connectivity index (χ3v) is 6.74. The maximum absolute atomic E-state index is 12.3. The van der Waals surface area contributed by atoms with Gasteiger partial charge in [-0.25, -0.2) is 0 Å². The van der Waals surface area contributed by atoms with E-state index in [2.05, 4.69) is 6.92 Å². The third-order valence-electron chi connectivity index (χ3n) is 5.25. The van der Waals surface area contributed by atoms with E-state index in [-0.39, 0.29) is 5.91 Å². The Bertz CT molecular complexity index is 1020. The van der Waals surface area contributed by atoms with E-state index < -0.39 is 0 Å². The second-order valence-electron chi connectivity index (χ2n) is 7.96. The molecule has 2 aromatic rings. The zero-order chi connectivity index (χ0) is 25.0. The Balaban J connectivity index is 1.49. The Labute approximate surface area is 217 Å². The van der Waals surface area contributed by atoms with E-state index in [0.29, 0.717) is 40.5 Å².